The summed E-state index contributed by atoms with van der Waals surface area (Å²) in [6, 6.07) is 3.32. The summed E-state index contributed by atoms with van der Waals surface area (Å²) in [5.41, 5.74) is 5.03. The first kappa shape index (κ1) is 13.8. The van der Waals surface area contributed by atoms with Crippen LogP contribution in [0.15, 0.2) is 23.1 Å². The summed E-state index contributed by atoms with van der Waals surface area (Å²) in [5, 5.41) is 0. The van der Waals surface area contributed by atoms with Crippen molar-refractivity contribution >= 4 is 15.7 Å². The molecule has 0 aliphatic rings. The molecular weight excluding hydrogens is 257 g/mol. The number of nitrogens with zero attached hydrogens (tertiary/aromatic N) is 1. The van der Waals surface area contributed by atoms with Crippen molar-refractivity contribution in [2.75, 3.05) is 19.3 Å². The molecule has 0 amide bonds. The van der Waals surface area contributed by atoms with Gasteiger partial charge in [0.2, 0.25) is 10.0 Å². The van der Waals surface area contributed by atoms with Crippen LogP contribution in [0.2, 0.25) is 0 Å². The van der Waals surface area contributed by atoms with Crippen LogP contribution < -0.4 is 5.73 Å². The fourth-order valence-corrected chi connectivity index (χ4v) is 2.55. The van der Waals surface area contributed by atoms with Crippen LogP contribution in [0.3, 0.4) is 0 Å². The number of halogens is 3. The van der Waals surface area contributed by atoms with Crippen LogP contribution >= 0.6 is 0 Å². The van der Waals surface area contributed by atoms with Crippen molar-refractivity contribution < 1.29 is 21.6 Å². The van der Waals surface area contributed by atoms with Crippen molar-refractivity contribution in [3.8, 4) is 0 Å². The van der Waals surface area contributed by atoms with Gasteiger partial charge in [-0.2, -0.15) is 4.31 Å². The maximum Gasteiger partial charge on any atom is 0.252 e. The second-order valence-electron chi connectivity index (χ2n) is 3.33. The number of rotatable bonds is 4. The number of hydrogen-bond acceptors (Lipinski definition) is 3. The molecule has 0 fully saturated rings. The van der Waals surface area contributed by atoms with Crippen LogP contribution in [0.25, 0.3) is 0 Å². The zero-order chi connectivity index (χ0) is 13.2. The van der Waals surface area contributed by atoms with Gasteiger partial charge in [-0.1, -0.05) is 6.07 Å². The maximum absolute atomic E-state index is 13.4. The monoisotopic (exact) mass is 268 g/mol. The Labute approximate surface area is 96.9 Å². The standard InChI is InChI=1S/C9H11F3N2O2S/c1-14(5-8(11)12)17(15,16)9-6(10)3-2-4-7(9)13/h2-4,8H,5,13H2,1H3. The van der Waals surface area contributed by atoms with Gasteiger partial charge < -0.3 is 5.73 Å². The van der Waals surface area contributed by atoms with E-state index in [4.69, 9.17) is 5.73 Å². The van der Waals surface area contributed by atoms with E-state index in [1.54, 1.807) is 0 Å². The van der Waals surface area contributed by atoms with Gasteiger partial charge in [0.15, 0.2) is 0 Å². The minimum atomic E-state index is -4.34. The van der Waals surface area contributed by atoms with Crippen LogP contribution in [-0.4, -0.2) is 32.7 Å². The van der Waals surface area contributed by atoms with Gasteiger partial charge in [0.05, 0.1) is 12.2 Å². The van der Waals surface area contributed by atoms with E-state index in [0.717, 1.165) is 13.1 Å². The largest absolute Gasteiger partial charge is 0.398 e. The van der Waals surface area contributed by atoms with Gasteiger partial charge in [-0.25, -0.2) is 21.6 Å². The summed E-state index contributed by atoms with van der Waals surface area (Å²) in [7, 11) is -3.40. The highest BCUT2D eigenvalue weighted by molar-refractivity contribution is 7.89. The van der Waals surface area contributed by atoms with E-state index in [9.17, 15) is 21.6 Å². The van der Waals surface area contributed by atoms with Crippen molar-refractivity contribution in [3.05, 3.63) is 24.0 Å². The molecule has 0 bridgehead atoms. The average Bonchev–Trinajstić information content (AvgIpc) is 2.15. The molecule has 17 heavy (non-hydrogen) atoms. The van der Waals surface area contributed by atoms with E-state index in [1.165, 1.54) is 12.1 Å². The summed E-state index contributed by atoms with van der Waals surface area (Å²) in [6.45, 7) is -1.02. The molecule has 0 saturated heterocycles. The first-order chi connectivity index (χ1) is 7.76. The maximum atomic E-state index is 13.4. The van der Waals surface area contributed by atoms with Gasteiger partial charge in [-0.15, -0.1) is 0 Å². The van der Waals surface area contributed by atoms with Crippen molar-refractivity contribution in [1.82, 2.24) is 4.31 Å². The summed E-state index contributed by atoms with van der Waals surface area (Å²) in [6.07, 6.45) is -2.84. The van der Waals surface area contributed by atoms with Crippen LogP contribution in [-0.2, 0) is 10.0 Å². The van der Waals surface area contributed by atoms with Gasteiger partial charge in [-0.3, -0.25) is 0 Å². The Morgan fingerprint density at radius 2 is 2.00 bits per heavy atom. The van der Waals surface area contributed by atoms with E-state index < -0.39 is 33.7 Å². The summed E-state index contributed by atoms with van der Waals surface area (Å²) in [4.78, 5) is -0.775. The van der Waals surface area contributed by atoms with Crippen molar-refractivity contribution in [3.63, 3.8) is 0 Å². The smallest absolute Gasteiger partial charge is 0.252 e. The summed E-state index contributed by atoms with van der Waals surface area (Å²) in [5.74, 6) is -1.06. The molecule has 0 radical (unpaired) electrons. The minimum Gasteiger partial charge on any atom is -0.398 e. The number of hydrogen-bond donors (Lipinski definition) is 1. The molecule has 0 atom stereocenters. The number of benzene rings is 1. The van der Waals surface area contributed by atoms with E-state index >= 15 is 0 Å². The van der Waals surface area contributed by atoms with Crippen molar-refractivity contribution in [1.29, 1.82) is 0 Å². The van der Waals surface area contributed by atoms with Crippen molar-refractivity contribution in [2.24, 2.45) is 0 Å². The van der Waals surface area contributed by atoms with Gasteiger partial charge in [0.25, 0.3) is 6.43 Å². The Morgan fingerprint density at radius 1 is 1.41 bits per heavy atom. The molecule has 1 aromatic rings. The highest BCUT2D eigenvalue weighted by Gasteiger charge is 2.28. The molecule has 2 N–H and O–H groups in total. The van der Waals surface area contributed by atoms with E-state index in [0.29, 0.717) is 4.31 Å². The molecule has 1 rings (SSSR count). The summed E-state index contributed by atoms with van der Waals surface area (Å²) < 4.78 is 61.5. The lowest BCUT2D eigenvalue weighted by atomic mass is 10.3. The Bertz CT molecular complexity index is 485. The topological polar surface area (TPSA) is 63.4 Å². The summed E-state index contributed by atoms with van der Waals surface area (Å²) >= 11 is 0. The molecule has 1 aromatic carbocycles. The number of sulfonamides is 1. The molecule has 0 aromatic heterocycles. The Hall–Kier alpha value is -1.28. The molecule has 0 unspecified atom stereocenters. The van der Waals surface area contributed by atoms with Crippen molar-refractivity contribution in [2.45, 2.75) is 11.3 Å². The average molecular weight is 268 g/mol. The highest BCUT2D eigenvalue weighted by Crippen LogP contribution is 2.24. The Morgan fingerprint density at radius 3 is 2.47 bits per heavy atom. The molecule has 8 heteroatoms. The molecule has 96 valence electrons. The lowest BCUT2D eigenvalue weighted by Crippen LogP contribution is -2.32. The third kappa shape index (κ3) is 2.89. The van der Waals surface area contributed by atoms with E-state index in [-0.39, 0.29) is 5.69 Å². The van der Waals surface area contributed by atoms with Gasteiger partial charge in [0.1, 0.15) is 10.7 Å². The highest BCUT2D eigenvalue weighted by atomic mass is 32.2. The number of alkyl halides is 2. The van der Waals surface area contributed by atoms with E-state index in [2.05, 4.69) is 0 Å². The second kappa shape index (κ2) is 4.92. The molecular formula is C9H11F3N2O2S. The third-order valence-corrected chi connectivity index (χ3v) is 3.98. The zero-order valence-corrected chi connectivity index (χ0v) is 9.72. The third-order valence-electron chi connectivity index (χ3n) is 2.06. The predicted molar refractivity (Wildman–Crippen MR) is 56.6 cm³/mol. The van der Waals surface area contributed by atoms with Crippen LogP contribution in [0.1, 0.15) is 0 Å². The van der Waals surface area contributed by atoms with E-state index in [1.807, 2.05) is 0 Å². The molecule has 0 saturated carbocycles. The quantitative estimate of drug-likeness (QED) is 0.837. The van der Waals surface area contributed by atoms with Gasteiger partial charge in [0, 0.05) is 7.05 Å². The number of nitrogens with two attached hydrogens (primary N) is 1. The Balaban J connectivity index is 3.22. The lowest BCUT2D eigenvalue weighted by molar-refractivity contribution is 0.126. The van der Waals surface area contributed by atoms with Crippen LogP contribution in [0.5, 0.6) is 0 Å². The molecule has 0 heterocycles. The Kier molecular flexibility index (Phi) is 3.99. The number of nitrogen functional groups attached to an aromatic ring is 1. The normalized spacial score (nSPS) is 12.4. The molecule has 4 nitrogen and oxygen atoms in total. The number of anilines is 1. The zero-order valence-electron chi connectivity index (χ0n) is 8.90. The van der Waals surface area contributed by atoms with Crippen LogP contribution in [0, 0.1) is 5.82 Å². The van der Waals surface area contributed by atoms with Gasteiger partial charge >= 0.3 is 0 Å². The first-order valence-electron chi connectivity index (χ1n) is 4.55. The molecule has 0 spiro atoms. The molecule has 0 aliphatic heterocycles. The fourth-order valence-electron chi connectivity index (χ4n) is 1.25. The predicted octanol–water partition coefficient (Wildman–Crippen LogP) is 1.29. The SMILES string of the molecule is CN(CC(F)F)S(=O)(=O)c1c(N)cccc1F. The van der Waals surface area contributed by atoms with Crippen LogP contribution in [0.4, 0.5) is 18.9 Å². The second-order valence-corrected chi connectivity index (χ2v) is 5.32. The minimum absolute atomic E-state index is 0.314. The first-order valence-corrected chi connectivity index (χ1v) is 5.99. The lowest BCUT2D eigenvalue weighted by Gasteiger charge is -2.18. The molecule has 0 aliphatic carbocycles. The van der Waals surface area contributed by atoms with Gasteiger partial charge in [-0.05, 0) is 12.1 Å². The fraction of sp³-hybridized carbons (Fsp3) is 0.333.